The molecule has 0 aliphatic heterocycles. The predicted molar refractivity (Wildman–Crippen MR) is 306 cm³/mol. The summed E-state index contributed by atoms with van der Waals surface area (Å²) in [5, 5.41) is 88.3. The summed E-state index contributed by atoms with van der Waals surface area (Å²) in [7, 11) is 53.8. The zero-order chi connectivity index (χ0) is 58.7. The van der Waals surface area contributed by atoms with Crippen molar-refractivity contribution in [3.63, 3.8) is 0 Å². The average Bonchev–Trinajstić information content (AvgIpc) is 3.45. The molecule has 4 unspecified atom stereocenters. The summed E-state index contributed by atoms with van der Waals surface area (Å²) in [4.78, 5) is 88.4. The van der Waals surface area contributed by atoms with Gasteiger partial charge in [-0.3, -0.25) is 33.6 Å². The minimum Gasteiger partial charge on any atom is -0.508 e. The number of ketones is 4. The van der Waals surface area contributed by atoms with Gasteiger partial charge in [-0.1, -0.05) is 0 Å². The van der Waals surface area contributed by atoms with Crippen LogP contribution in [0.5, 0.6) is 11.5 Å². The Labute approximate surface area is 463 Å². The van der Waals surface area contributed by atoms with Gasteiger partial charge in [0, 0.05) is 162 Å². The first-order chi connectivity index (χ1) is 36.2. The number of anilines is 2. The van der Waals surface area contributed by atoms with Gasteiger partial charge in [0.1, 0.15) is 45.7 Å². The van der Waals surface area contributed by atoms with Crippen molar-refractivity contribution in [2.24, 2.45) is 35.1 Å². The first-order valence-electron chi connectivity index (χ1n) is 24.3. The van der Waals surface area contributed by atoms with Crippen LogP contribution in [0.25, 0.3) is 11.5 Å². The number of benzene rings is 2. The number of nitrogen functional groups attached to an aromatic ring is 1. The number of aromatic hydroxyl groups is 2. The van der Waals surface area contributed by atoms with Crippen LogP contribution in [-0.4, -0.2) is 233 Å². The quantitative estimate of drug-likeness (QED) is 0.0431. The number of carbonyl (C=O) groups excluding carboxylic acids is 7. The maximum absolute atomic E-state index is 13.4. The molecule has 2 saturated carbocycles. The van der Waals surface area contributed by atoms with Gasteiger partial charge in [-0.2, -0.15) is 0 Å². The third kappa shape index (κ3) is 10.8. The largest absolute Gasteiger partial charge is 0.508 e. The van der Waals surface area contributed by atoms with Gasteiger partial charge in [-0.25, -0.2) is 0 Å². The number of hydrogen-bond acceptors (Lipinski definition) is 17. The van der Waals surface area contributed by atoms with Crippen LogP contribution in [0.3, 0.4) is 0 Å². The van der Waals surface area contributed by atoms with Crippen LogP contribution in [0.2, 0.25) is 0 Å². The smallest absolute Gasteiger partial charge is 0.255 e. The Morgan fingerprint density at radius 1 is 0.615 bits per heavy atom. The van der Waals surface area contributed by atoms with E-state index in [0.717, 1.165) is 0 Å². The van der Waals surface area contributed by atoms with Crippen LogP contribution >= 0.6 is 0 Å². The van der Waals surface area contributed by atoms with Crippen molar-refractivity contribution >= 4 is 178 Å². The molecule has 78 heavy (non-hydrogen) atoms. The zero-order valence-corrected chi connectivity index (χ0v) is 42.4. The maximum Gasteiger partial charge on any atom is 0.255 e. The summed E-state index contributed by atoms with van der Waals surface area (Å²) in [5.41, 5.74) is 10.5. The van der Waals surface area contributed by atoms with Crippen molar-refractivity contribution in [1.29, 1.82) is 0 Å². The fourth-order valence-electron chi connectivity index (χ4n) is 11.7. The van der Waals surface area contributed by atoms with Crippen LogP contribution in [0.4, 0.5) is 11.4 Å². The third-order valence-corrected chi connectivity index (χ3v) is 15.3. The molecular formula is C42H43B16N5O15. The summed E-state index contributed by atoms with van der Waals surface area (Å²) in [6.07, 6.45) is -5.35. The Balaban J connectivity index is 0.000000202. The summed E-state index contributed by atoms with van der Waals surface area (Å²) in [6, 6.07) is 5.50. The molecule has 2 aromatic carbocycles. The SMILES string of the molecule is CN(C)CC(=O)Nc1ccc(O)c2c1CC1CC3CC(=O)C(C(N)=O)=C(O)[C@@]3(O)C(=O)C1=C2O.NC(=O)C1=C(O)[C@@]2(O)C(=O)C3=C(O)c4c(O)ccc(N)c4CC3CC2CC1=O.[B]B([B])B([B])B(B([B])[B])B(B([B])[B])B([B])[B]. The van der Waals surface area contributed by atoms with E-state index in [9.17, 15) is 74.4 Å². The Bertz CT molecular complexity index is 3020. The van der Waals surface area contributed by atoms with Gasteiger partial charge < -0.3 is 68.3 Å². The number of nitrogens with two attached hydrogens (primary N) is 3. The van der Waals surface area contributed by atoms with Gasteiger partial charge in [0.05, 0.1) is 17.7 Å². The summed E-state index contributed by atoms with van der Waals surface area (Å²) >= 11 is 0. The number of phenolic OH excluding ortho intramolecular Hbond substituents is 2. The normalized spacial score (nSPS) is 23.8. The number of hydrogen-bond donors (Lipinski definition) is 12. The average molecular weight is 1030 g/mol. The number of likely N-dealkylation sites (N-methyl/N-ethyl adjacent to an activating group) is 1. The minimum absolute atomic E-state index is 0.00729. The molecule has 36 heteroatoms. The van der Waals surface area contributed by atoms with Crippen molar-refractivity contribution < 1.29 is 74.4 Å². The van der Waals surface area contributed by atoms with E-state index in [1.54, 1.807) is 19.0 Å². The van der Waals surface area contributed by atoms with Crippen molar-refractivity contribution in [2.75, 3.05) is 31.7 Å². The second-order valence-electron chi connectivity index (χ2n) is 20.7. The van der Waals surface area contributed by atoms with E-state index in [-0.39, 0.29) is 78.3 Å². The highest BCUT2D eigenvalue weighted by atomic mass is 16.4. The van der Waals surface area contributed by atoms with Crippen LogP contribution in [0.15, 0.2) is 58.1 Å². The first-order valence-corrected chi connectivity index (χ1v) is 24.3. The molecule has 20 nitrogen and oxygen atoms in total. The number of carbonyl (C=O) groups is 7. The zero-order valence-electron chi connectivity index (χ0n) is 42.4. The number of Topliss-reactive ketones (excluding diaryl/α,β-unsaturated/α-hetero) is 4. The minimum atomic E-state index is -2.61. The molecular weight excluding hydrogens is 987 g/mol. The van der Waals surface area contributed by atoms with E-state index in [1.165, 1.54) is 24.3 Å². The molecule has 0 aromatic heterocycles. The molecule has 0 saturated heterocycles. The lowest BCUT2D eigenvalue weighted by atomic mass is 8.44. The van der Waals surface area contributed by atoms with Gasteiger partial charge in [0.15, 0.2) is 22.8 Å². The second kappa shape index (κ2) is 23.0. The van der Waals surface area contributed by atoms with E-state index in [1.807, 2.05) is 0 Å². The van der Waals surface area contributed by atoms with Crippen LogP contribution in [-0.2, 0) is 46.4 Å². The number of fused-ring (bicyclic) bond motifs is 6. The number of phenols is 2. The van der Waals surface area contributed by atoms with Crippen LogP contribution in [0, 0.1) is 23.7 Å². The van der Waals surface area contributed by atoms with Gasteiger partial charge in [0.2, 0.25) is 17.5 Å². The van der Waals surface area contributed by atoms with E-state index in [0.29, 0.717) is 22.5 Å². The molecule has 8 rings (SSSR count). The Kier molecular flexibility index (Phi) is 18.1. The van der Waals surface area contributed by atoms with E-state index < -0.39 is 155 Å². The lowest BCUT2D eigenvalue weighted by Gasteiger charge is -2.46. The lowest BCUT2D eigenvalue weighted by Crippen LogP contribution is -2.75. The molecule has 18 radical (unpaired) electrons. The Morgan fingerprint density at radius 3 is 1.40 bits per heavy atom. The second-order valence-corrected chi connectivity index (χ2v) is 20.7. The van der Waals surface area contributed by atoms with Crippen molar-refractivity contribution in [2.45, 2.75) is 49.7 Å². The molecule has 6 atom stereocenters. The van der Waals surface area contributed by atoms with Gasteiger partial charge >= 0.3 is 0 Å². The Hall–Kier alpha value is -5.99. The number of primary amides is 2. The number of nitrogens with zero attached hydrogens (tertiary/aromatic N) is 1. The van der Waals surface area contributed by atoms with E-state index in [4.69, 9.17) is 86.8 Å². The molecule has 0 bridgehead atoms. The van der Waals surface area contributed by atoms with Crippen molar-refractivity contribution in [3.05, 3.63) is 80.3 Å². The topological polar surface area (TPSA) is 375 Å². The number of rotatable bonds is 11. The third-order valence-electron chi connectivity index (χ3n) is 15.3. The van der Waals surface area contributed by atoms with Crippen LogP contribution < -0.4 is 22.5 Å². The fraction of sp³-hybridized carbons (Fsp3) is 0.357. The molecule has 3 amide bonds. The number of amides is 3. The summed E-state index contributed by atoms with van der Waals surface area (Å²) in [5.74, 6) is -13.8. The molecule has 374 valence electrons. The maximum atomic E-state index is 13.4. The number of aliphatic hydroxyl groups excluding tert-OH is 4. The molecule has 0 spiro atoms. The molecule has 2 aromatic rings. The van der Waals surface area contributed by atoms with Gasteiger partial charge in [0.25, 0.3) is 11.8 Å². The Morgan fingerprint density at radius 2 is 1.01 bits per heavy atom. The summed E-state index contributed by atoms with van der Waals surface area (Å²) in [6.45, 7) is 0.0929. The highest BCUT2D eigenvalue weighted by Crippen LogP contribution is 2.54. The molecule has 6 aliphatic rings. The molecule has 2 fully saturated rings. The molecule has 0 heterocycles. The summed E-state index contributed by atoms with van der Waals surface area (Å²) < 4.78 is 0. The van der Waals surface area contributed by atoms with Crippen molar-refractivity contribution in [3.8, 4) is 11.5 Å². The predicted octanol–water partition coefficient (Wildman–Crippen LogP) is -6.16. The fourth-order valence-corrected chi connectivity index (χ4v) is 11.7. The molecule has 15 N–H and O–H groups in total. The van der Waals surface area contributed by atoms with Crippen LogP contribution in [0.1, 0.15) is 47.9 Å². The molecule has 6 aliphatic carbocycles. The standard InChI is InChI=1S/C23H25N3O8.C19H18N2O7.B16/c1-26(2)8-15(29)25-12-3-4-13(27)17-11(12)6-9-5-10-7-14(28)18(22(24)33)21(32)23(10,34)20(31)16(9)19(17)30;20-9-1-2-10(22)13-8(9)4-6-3-7-5-11(23)14(18(21)27)17(26)19(7,28)16(25)12(6)15(13)24;1-10(2)14(9)16(13(7)8)15(11(3)4)12(5)6/h3-4,9-10,27,30,32,34H,5-8H2,1-2H3,(H2,24,33)(H,25,29);1-2,6-7,22,24,26,28H,3-5,20H2,(H2,21,27);/t9?,10?,23-;6?,7?,19-;/m00./s1. The van der Waals surface area contributed by atoms with Crippen molar-refractivity contribution in [1.82, 2.24) is 4.90 Å². The van der Waals surface area contributed by atoms with E-state index in [2.05, 4.69) is 5.32 Å². The van der Waals surface area contributed by atoms with Gasteiger partial charge in [-0.15, -0.1) is 0 Å². The highest BCUT2D eigenvalue weighted by Gasteiger charge is 2.62. The van der Waals surface area contributed by atoms with Gasteiger partial charge in [-0.05, 0) is 87.0 Å². The lowest BCUT2D eigenvalue weighted by molar-refractivity contribution is -0.148. The number of nitrogens with one attached hydrogen (secondary N) is 1. The number of aliphatic hydroxyl groups is 6. The highest BCUT2D eigenvalue weighted by molar-refractivity contribution is 8.13. The van der Waals surface area contributed by atoms with E-state index >= 15 is 0 Å². The first kappa shape index (κ1) is 61.2. The monoisotopic (exact) mass is 1030 g/mol.